The average Bonchev–Trinajstić information content (AvgIpc) is 2.68. The first-order chi connectivity index (χ1) is 13.2. The second kappa shape index (κ2) is 8.41. The zero-order valence-corrected chi connectivity index (χ0v) is 14.3. The number of rotatable bonds is 7. The van der Waals surface area contributed by atoms with Gasteiger partial charge in [-0.2, -0.15) is 0 Å². The van der Waals surface area contributed by atoms with Gasteiger partial charge in [0, 0.05) is 24.1 Å². The molecule has 0 atom stereocenters. The second-order valence-electron chi connectivity index (χ2n) is 5.66. The third-order valence-corrected chi connectivity index (χ3v) is 3.75. The zero-order valence-electron chi connectivity index (χ0n) is 14.3. The lowest BCUT2D eigenvalue weighted by molar-refractivity contribution is 0.0988. The van der Waals surface area contributed by atoms with Gasteiger partial charge in [0.2, 0.25) is 0 Å². The molecule has 0 spiro atoms. The van der Waals surface area contributed by atoms with Crippen molar-refractivity contribution in [1.29, 1.82) is 0 Å². The molecule has 0 saturated heterocycles. The van der Waals surface area contributed by atoms with E-state index in [9.17, 15) is 4.79 Å². The number of aromatic nitrogens is 3. The Balaban J connectivity index is 1.65. The molecule has 0 amide bonds. The van der Waals surface area contributed by atoms with Gasteiger partial charge in [0.05, 0.1) is 18.1 Å². The van der Waals surface area contributed by atoms with E-state index in [-0.39, 0.29) is 23.7 Å². The summed E-state index contributed by atoms with van der Waals surface area (Å²) in [7, 11) is 0. The van der Waals surface area contributed by atoms with E-state index in [0.717, 1.165) is 16.8 Å². The lowest BCUT2D eigenvalue weighted by atomic mass is 10.0. The van der Waals surface area contributed by atoms with Gasteiger partial charge in [0.1, 0.15) is 17.3 Å². The molecule has 0 fully saturated rings. The van der Waals surface area contributed by atoms with Crippen LogP contribution < -0.4 is 11.1 Å². The molecule has 3 aromatic rings. The Hall–Kier alpha value is -3.97. The molecule has 9 heteroatoms. The highest BCUT2D eigenvalue weighted by Gasteiger charge is 2.10. The number of benzene rings is 1. The van der Waals surface area contributed by atoms with Crippen LogP contribution in [-0.4, -0.2) is 20.7 Å². The maximum Gasteiger partial charge on any atom is 0.187 e. The van der Waals surface area contributed by atoms with Crippen LogP contribution in [0.15, 0.2) is 60.1 Å². The summed E-state index contributed by atoms with van der Waals surface area (Å²) in [5.41, 5.74) is 17.0. The van der Waals surface area contributed by atoms with E-state index >= 15 is 0 Å². The number of Topliss-reactive ketones (excluding diaryl/α,β-unsaturated/α-hetero) is 1. The van der Waals surface area contributed by atoms with E-state index in [0.29, 0.717) is 12.4 Å². The number of nitrogens with zero attached hydrogens (tertiary/aromatic N) is 6. The normalized spacial score (nSPS) is 10.1. The molecule has 27 heavy (non-hydrogen) atoms. The standard InChI is InChI=1S/C18H16N8O/c19-18-14(5-2-6-21-18)22-9-13-4-1-3-12(7-13)8-16(27)15-10-24-17(11-23-15)25-26-20/h1-7,10-11,22H,8-9H2,(H2,19,21). The number of ketones is 1. The summed E-state index contributed by atoms with van der Waals surface area (Å²) in [4.78, 5) is 26.9. The van der Waals surface area contributed by atoms with Gasteiger partial charge < -0.3 is 11.1 Å². The summed E-state index contributed by atoms with van der Waals surface area (Å²) in [6.45, 7) is 0.554. The van der Waals surface area contributed by atoms with E-state index in [1.54, 1.807) is 6.20 Å². The predicted molar refractivity (Wildman–Crippen MR) is 101 cm³/mol. The smallest absolute Gasteiger partial charge is 0.187 e. The highest BCUT2D eigenvalue weighted by atomic mass is 16.1. The molecule has 0 aliphatic heterocycles. The Morgan fingerprint density at radius 1 is 1.15 bits per heavy atom. The minimum atomic E-state index is -0.170. The number of hydrogen-bond donors (Lipinski definition) is 2. The third kappa shape index (κ3) is 4.77. The van der Waals surface area contributed by atoms with Crippen LogP contribution in [0.3, 0.4) is 0 Å². The summed E-state index contributed by atoms with van der Waals surface area (Å²) in [6, 6.07) is 11.3. The monoisotopic (exact) mass is 360 g/mol. The fraction of sp³-hybridized carbons (Fsp3) is 0.111. The van der Waals surface area contributed by atoms with Crippen molar-refractivity contribution in [3.8, 4) is 0 Å². The minimum Gasteiger partial charge on any atom is -0.382 e. The highest BCUT2D eigenvalue weighted by molar-refractivity contribution is 5.95. The fourth-order valence-electron chi connectivity index (χ4n) is 2.45. The van der Waals surface area contributed by atoms with Gasteiger partial charge in [-0.1, -0.05) is 24.3 Å². The van der Waals surface area contributed by atoms with Crippen molar-refractivity contribution in [2.75, 3.05) is 11.1 Å². The van der Waals surface area contributed by atoms with Crippen LogP contribution in [0, 0.1) is 0 Å². The van der Waals surface area contributed by atoms with Crippen molar-refractivity contribution < 1.29 is 4.79 Å². The molecule has 134 valence electrons. The second-order valence-corrected chi connectivity index (χ2v) is 5.66. The Morgan fingerprint density at radius 3 is 2.74 bits per heavy atom. The summed E-state index contributed by atoms with van der Waals surface area (Å²) >= 11 is 0. The molecular weight excluding hydrogens is 344 g/mol. The maximum atomic E-state index is 12.4. The number of anilines is 2. The van der Waals surface area contributed by atoms with Crippen LogP contribution in [-0.2, 0) is 13.0 Å². The quantitative estimate of drug-likeness (QED) is 0.286. The molecule has 0 aliphatic rings. The molecule has 2 heterocycles. The lowest BCUT2D eigenvalue weighted by Crippen LogP contribution is -2.07. The van der Waals surface area contributed by atoms with Gasteiger partial charge in [0.15, 0.2) is 5.78 Å². The Kier molecular flexibility index (Phi) is 5.56. The average molecular weight is 360 g/mol. The van der Waals surface area contributed by atoms with E-state index < -0.39 is 0 Å². The molecule has 0 aliphatic carbocycles. The minimum absolute atomic E-state index is 0.122. The first-order valence-electron chi connectivity index (χ1n) is 8.08. The SMILES string of the molecule is [N-]=[N+]=Nc1cnc(C(=O)Cc2cccc(CNc3cccnc3N)c2)cn1. The lowest BCUT2D eigenvalue weighted by Gasteiger charge is -2.09. The molecule has 3 N–H and O–H groups in total. The maximum absolute atomic E-state index is 12.4. The highest BCUT2D eigenvalue weighted by Crippen LogP contribution is 2.16. The van der Waals surface area contributed by atoms with Gasteiger partial charge in [0.25, 0.3) is 0 Å². The van der Waals surface area contributed by atoms with Crippen LogP contribution >= 0.6 is 0 Å². The number of carbonyl (C=O) groups is 1. The Bertz CT molecular complexity index is 996. The van der Waals surface area contributed by atoms with Crippen molar-refractivity contribution in [3.05, 3.63) is 82.3 Å². The summed E-state index contributed by atoms with van der Waals surface area (Å²) in [5.74, 6) is 0.389. The van der Waals surface area contributed by atoms with E-state index in [1.807, 2.05) is 36.4 Å². The topological polar surface area (TPSA) is 143 Å². The van der Waals surface area contributed by atoms with Gasteiger partial charge in [-0.3, -0.25) is 9.78 Å². The van der Waals surface area contributed by atoms with Crippen LogP contribution in [0.1, 0.15) is 21.6 Å². The number of pyridine rings is 1. The van der Waals surface area contributed by atoms with Crippen LogP contribution in [0.4, 0.5) is 17.3 Å². The first-order valence-corrected chi connectivity index (χ1v) is 8.08. The van der Waals surface area contributed by atoms with Crippen molar-refractivity contribution >= 4 is 23.1 Å². The molecule has 0 radical (unpaired) electrons. The molecule has 2 aromatic heterocycles. The molecule has 3 rings (SSSR count). The summed E-state index contributed by atoms with van der Waals surface area (Å²) in [5, 5.41) is 6.55. The van der Waals surface area contributed by atoms with Crippen LogP contribution in [0.2, 0.25) is 0 Å². The third-order valence-electron chi connectivity index (χ3n) is 3.75. The molecule has 0 unspecified atom stereocenters. The first kappa shape index (κ1) is 17.8. The number of nitrogen functional groups attached to an aromatic ring is 1. The van der Waals surface area contributed by atoms with Crippen LogP contribution in [0.5, 0.6) is 0 Å². The Morgan fingerprint density at radius 2 is 2.00 bits per heavy atom. The molecule has 9 nitrogen and oxygen atoms in total. The predicted octanol–water partition coefficient (Wildman–Crippen LogP) is 3.43. The van der Waals surface area contributed by atoms with Crippen molar-refractivity contribution in [1.82, 2.24) is 15.0 Å². The van der Waals surface area contributed by atoms with Gasteiger partial charge in [-0.15, -0.1) is 0 Å². The molecule has 0 saturated carbocycles. The number of hydrogen-bond acceptors (Lipinski definition) is 7. The summed E-state index contributed by atoms with van der Waals surface area (Å²) < 4.78 is 0. The fourth-order valence-corrected chi connectivity index (χ4v) is 2.45. The zero-order chi connectivity index (χ0) is 19.1. The van der Waals surface area contributed by atoms with Crippen molar-refractivity contribution in [2.45, 2.75) is 13.0 Å². The number of nitrogens with one attached hydrogen (secondary N) is 1. The van der Waals surface area contributed by atoms with Crippen molar-refractivity contribution in [2.24, 2.45) is 5.11 Å². The van der Waals surface area contributed by atoms with Gasteiger partial charge >= 0.3 is 0 Å². The van der Waals surface area contributed by atoms with Gasteiger partial charge in [-0.25, -0.2) is 9.97 Å². The Labute approximate surface area is 154 Å². The molecular formula is C18H16N8O. The van der Waals surface area contributed by atoms with E-state index in [4.69, 9.17) is 11.3 Å². The number of azide groups is 1. The largest absolute Gasteiger partial charge is 0.382 e. The number of carbonyl (C=O) groups excluding carboxylic acids is 1. The van der Waals surface area contributed by atoms with Crippen molar-refractivity contribution in [3.63, 3.8) is 0 Å². The number of nitrogens with two attached hydrogens (primary N) is 1. The summed E-state index contributed by atoms with van der Waals surface area (Å²) in [6.07, 6.45) is 4.40. The van der Waals surface area contributed by atoms with E-state index in [1.165, 1.54) is 12.4 Å². The van der Waals surface area contributed by atoms with Gasteiger partial charge in [-0.05, 0) is 33.9 Å². The van der Waals surface area contributed by atoms with E-state index in [2.05, 4.69) is 30.3 Å². The molecule has 0 bridgehead atoms. The van der Waals surface area contributed by atoms with Crippen LogP contribution in [0.25, 0.3) is 10.4 Å². The molecule has 1 aromatic carbocycles.